The van der Waals surface area contributed by atoms with Crippen molar-refractivity contribution in [2.24, 2.45) is 11.8 Å². The molecule has 1 heteroatoms. The maximum atomic E-state index is 5.86. The quantitative estimate of drug-likeness (QED) is 0.665. The van der Waals surface area contributed by atoms with Crippen molar-refractivity contribution < 1.29 is 4.74 Å². The van der Waals surface area contributed by atoms with E-state index in [4.69, 9.17) is 4.74 Å². The first kappa shape index (κ1) is 10.5. The van der Waals surface area contributed by atoms with Crippen molar-refractivity contribution in [2.75, 3.05) is 13.2 Å². The summed E-state index contributed by atoms with van der Waals surface area (Å²) in [7, 11) is 0. The minimum Gasteiger partial charge on any atom is -0.381 e. The number of ether oxygens (including phenoxy) is 1. The van der Waals surface area contributed by atoms with Crippen LogP contribution in [0.1, 0.15) is 57.8 Å². The molecule has 0 spiro atoms. The number of hydrogen-bond donors (Lipinski definition) is 0. The van der Waals surface area contributed by atoms with Crippen LogP contribution in [0, 0.1) is 11.8 Å². The normalized spacial score (nSPS) is 25.7. The highest BCUT2D eigenvalue weighted by molar-refractivity contribution is 4.68. The van der Waals surface area contributed by atoms with Gasteiger partial charge in [-0.1, -0.05) is 32.1 Å². The molecule has 0 radical (unpaired) electrons. The predicted molar refractivity (Wildman–Crippen MR) is 59.4 cm³/mol. The molecule has 1 nitrogen and oxygen atoms in total. The lowest BCUT2D eigenvalue weighted by Gasteiger charge is -2.22. The predicted octanol–water partition coefficient (Wildman–Crippen LogP) is 3.77. The first-order valence-electron chi connectivity index (χ1n) is 6.53. The number of hydrogen-bond acceptors (Lipinski definition) is 1. The van der Waals surface area contributed by atoms with Crippen molar-refractivity contribution in [1.29, 1.82) is 0 Å². The third-order valence-electron chi connectivity index (χ3n) is 3.91. The Morgan fingerprint density at radius 2 is 1.07 bits per heavy atom. The highest BCUT2D eigenvalue weighted by Gasteiger charge is 2.17. The van der Waals surface area contributed by atoms with Gasteiger partial charge in [-0.05, 0) is 37.5 Å². The second-order valence-electron chi connectivity index (χ2n) is 5.19. The molecule has 0 amide bonds. The summed E-state index contributed by atoms with van der Waals surface area (Å²) in [6.45, 7) is 2.10. The molecule has 14 heavy (non-hydrogen) atoms. The van der Waals surface area contributed by atoms with E-state index in [1.54, 1.807) is 0 Å². The molecule has 2 rings (SSSR count). The summed E-state index contributed by atoms with van der Waals surface area (Å²) in [5.74, 6) is 1.80. The fourth-order valence-corrected chi connectivity index (χ4v) is 2.93. The van der Waals surface area contributed by atoms with Crippen molar-refractivity contribution in [3.05, 3.63) is 0 Å². The Kier molecular flexibility index (Phi) is 4.30. The van der Waals surface area contributed by atoms with Crippen molar-refractivity contribution in [2.45, 2.75) is 57.8 Å². The average molecular weight is 196 g/mol. The van der Waals surface area contributed by atoms with Gasteiger partial charge in [-0.15, -0.1) is 0 Å². The van der Waals surface area contributed by atoms with Crippen LogP contribution in [0.3, 0.4) is 0 Å². The Morgan fingerprint density at radius 3 is 1.57 bits per heavy atom. The fourth-order valence-electron chi connectivity index (χ4n) is 2.93. The van der Waals surface area contributed by atoms with Gasteiger partial charge in [0, 0.05) is 13.2 Å². The molecular formula is C13H24O. The van der Waals surface area contributed by atoms with Crippen molar-refractivity contribution in [3.63, 3.8) is 0 Å². The van der Waals surface area contributed by atoms with Crippen molar-refractivity contribution in [1.82, 2.24) is 0 Å². The van der Waals surface area contributed by atoms with E-state index in [0.29, 0.717) is 0 Å². The second-order valence-corrected chi connectivity index (χ2v) is 5.19. The van der Waals surface area contributed by atoms with Crippen molar-refractivity contribution in [3.8, 4) is 0 Å². The monoisotopic (exact) mass is 196 g/mol. The van der Waals surface area contributed by atoms with E-state index in [0.717, 1.165) is 25.0 Å². The van der Waals surface area contributed by atoms with Crippen molar-refractivity contribution >= 4 is 0 Å². The standard InChI is InChI=1S/C13H24O/c1-2-6-12(7-3-1)10-14-11-13-8-4-5-9-13/h12-13H,1-11H2. The van der Waals surface area contributed by atoms with E-state index in [1.807, 2.05) is 0 Å². The Balaban J connectivity index is 1.52. The van der Waals surface area contributed by atoms with E-state index < -0.39 is 0 Å². The molecule has 0 aromatic rings. The lowest BCUT2D eigenvalue weighted by atomic mass is 9.90. The lowest BCUT2D eigenvalue weighted by Crippen LogP contribution is -2.16. The van der Waals surface area contributed by atoms with Gasteiger partial charge < -0.3 is 4.74 Å². The third-order valence-corrected chi connectivity index (χ3v) is 3.91. The molecule has 2 aliphatic carbocycles. The zero-order chi connectivity index (χ0) is 9.64. The van der Waals surface area contributed by atoms with Gasteiger partial charge in [0.15, 0.2) is 0 Å². The van der Waals surface area contributed by atoms with E-state index in [1.165, 1.54) is 57.8 Å². The van der Waals surface area contributed by atoms with Gasteiger partial charge in [0.25, 0.3) is 0 Å². The van der Waals surface area contributed by atoms with Crippen LogP contribution < -0.4 is 0 Å². The largest absolute Gasteiger partial charge is 0.381 e. The highest BCUT2D eigenvalue weighted by atomic mass is 16.5. The van der Waals surface area contributed by atoms with E-state index in [9.17, 15) is 0 Å². The SMILES string of the molecule is C1CCC(COCC2CCCC2)CC1. The molecule has 0 heterocycles. The molecule has 0 aliphatic heterocycles. The number of rotatable bonds is 4. The molecule has 0 aromatic carbocycles. The molecule has 2 saturated carbocycles. The van der Waals surface area contributed by atoms with Gasteiger partial charge >= 0.3 is 0 Å². The van der Waals surface area contributed by atoms with E-state index in [-0.39, 0.29) is 0 Å². The highest BCUT2D eigenvalue weighted by Crippen LogP contribution is 2.27. The van der Waals surface area contributed by atoms with Gasteiger partial charge in [0.1, 0.15) is 0 Å². The minimum absolute atomic E-state index is 0.894. The minimum atomic E-state index is 0.894. The molecule has 0 bridgehead atoms. The average Bonchev–Trinajstić information content (AvgIpc) is 2.72. The molecule has 2 fully saturated rings. The summed E-state index contributed by atoms with van der Waals surface area (Å²) in [5.41, 5.74) is 0. The van der Waals surface area contributed by atoms with Gasteiger partial charge in [0.2, 0.25) is 0 Å². The maximum absolute atomic E-state index is 5.86. The maximum Gasteiger partial charge on any atom is 0.0494 e. The van der Waals surface area contributed by atoms with E-state index in [2.05, 4.69) is 0 Å². The molecule has 2 aliphatic rings. The molecule has 0 atom stereocenters. The molecule has 0 N–H and O–H groups in total. The summed E-state index contributed by atoms with van der Waals surface area (Å²) in [4.78, 5) is 0. The van der Waals surface area contributed by atoms with Crippen LogP contribution in [0.25, 0.3) is 0 Å². The Hall–Kier alpha value is -0.0400. The molecular weight excluding hydrogens is 172 g/mol. The first-order valence-corrected chi connectivity index (χ1v) is 6.53. The topological polar surface area (TPSA) is 9.23 Å². The Morgan fingerprint density at radius 1 is 0.643 bits per heavy atom. The summed E-state index contributed by atoms with van der Waals surface area (Å²) >= 11 is 0. The van der Waals surface area contributed by atoms with Crippen LogP contribution in [-0.2, 0) is 4.74 Å². The summed E-state index contributed by atoms with van der Waals surface area (Å²) in [5, 5.41) is 0. The Labute approximate surface area is 88.2 Å². The molecule has 0 aromatic heterocycles. The van der Waals surface area contributed by atoms with Gasteiger partial charge in [0.05, 0.1) is 0 Å². The summed E-state index contributed by atoms with van der Waals surface area (Å²) in [6.07, 6.45) is 12.9. The molecule has 82 valence electrons. The van der Waals surface area contributed by atoms with Crippen LogP contribution >= 0.6 is 0 Å². The summed E-state index contributed by atoms with van der Waals surface area (Å²) < 4.78 is 5.86. The summed E-state index contributed by atoms with van der Waals surface area (Å²) in [6, 6.07) is 0. The van der Waals surface area contributed by atoms with Gasteiger partial charge in [-0.3, -0.25) is 0 Å². The van der Waals surface area contributed by atoms with Crippen LogP contribution in [0.15, 0.2) is 0 Å². The van der Waals surface area contributed by atoms with Gasteiger partial charge in [-0.2, -0.15) is 0 Å². The first-order chi connectivity index (χ1) is 6.95. The molecule has 0 unspecified atom stereocenters. The smallest absolute Gasteiger partial charge is 0.0494 e. The zero-order valence-corrected chi connectivity index (χ0v) is 9.34. The third kappa shape index (κ3) is 3.27. The van der Waals surface area contributed by atoms with Crippen LogP contribution in [0.5, 0.6) is 0 Å². The molecule has 0 saturated heterocycles. The van der Waals surface area contributed by atoms with Crippen LogP contribution in [0.4, 0.5) is 0 Å². The second kappa shape index (κ2) is 5.75. The van der Waals surface area contributed by atoms with Crippen LogP contribution in [0.2, 0.25) is 0 Å². The van der Waals surface area contributed by atoms with Crippen LogP contribution in [-0.4, -0.2) is 13.2 Å². The van der Waals surface area contributed by atoms with E-state index >= 15 is 0 Å². The Bertz CT molecular complexity index is 143. The zero-order valence-electron chi connectivity index (χ0n) is 9.34. The lowest BCUT2D eigenvalue weighted by molar-refractivity contribution is 0.0617. The van der Waals surface area contributed by atoms with Gasteiger partial charge in [-0.25, -0.2) is 0 Å². The fraction of sp³-hybridized carbons (Fsp3) is 1.00.